The van der Waals surface area contributed by atoms with Crippen LogP contribution in [0.2, 0.25) is 5.02 Å². The van der Waals surface area contributed by atoms with E-state index in [9.17, 15) is 4.79 Å². The monoisotopic (exact) mass is 330 g/mol. The molecule has 1 heterocycles. The first-order chi connectivity index (χ1) is 11.1. The highest BCUT2D eigenvalue weighted by molar-refractivity contribution is 6.30. The molecule has 2 aromatic rings. The van der Waals surface area contributed by atoms with E-state index in [2.05, 4.69) is 10.3 Å². The van der Waals surface area contributed by atoms with Gasteiger partial charge in [-0.1, -0.05) is 48.0 Å². The molecule has 0 fully saturated rings. The second-order valence-corrected chi connectivity index (χ2v) is 5.47. The average molecular weight is 331 g/mol. The summed E-state index contributed by atoms with van der Waals surface area (Å²) in [6, 6.07) is 11.4. The summed E-state index contributed by atoms with van der Waals surface area (Å²) in [7, 11) is 0. The second kappa shape index (κ2) is 8.96. The molecule has 1 amide bonds. The van der Waals surface area contributed by atoms with Crippen LogP contribution < -0.4 is 5.32 Å². The van der Waals surface area contributed by atoms with Gasteiger partial charge >= 0.3 is 6.09 Å². The number of aromatic nitrogens is 1. The van der Waals surface area contributed by atoms with Gasteiger partial charge in [-0.25, -0.2) is 4.79 Å². The van der Waals surface area contributed by atoms with Crippen molar-refractivity contribution in [1.82, 2.24) is 10.3 Å². The molecule has 0 atom stereocenters. The third kappa shape index (κ3) is 6.12. The Balaban J connectivity index is 1.66. The van der Waals surface area contributed by atoms with Crippen LogP contribution in [-0.4, -0.2) is 17.6 Å². The molecule has 1 N–H and O–H groups in total. The van der Waals surface area contributed by atoms with E-state index in [4.69, 9.17) is 16.3 Å². The van der Waals surface area contributed by atoms with Crippen molar-refractivity contribution in [3.63, 3.8) is 0 Å². The molecule has 5 heteroatoms. The number of aryl methyl sites for hydroxylation is 1. The van der Waals surface area contributed by atoms with Gasteiger partial charge in [0.15, 0.2) is 0 Å². The predicted molar refractivity (Wildman–Crippen MR) is 92.3 cm³/mol. The van der Waals surface area contributed by atoms with Crippen LogP contribution in [0, 0.1) is 6.92 Å². The zero-order valence-corrected chi connectivity index (χ0v) is 13.7. The van der Waals surface area contributed by atoms with Gasteiger partial charge in [-0.15, -0.1) is 0 Å². The predicted octanol–water partition coefficient (Wildman–Crippen LogP) is 4.37. The Labute approximate surface area is 141 Å². The van der Waals surface area contributed by atoms with Crippen LogP contribution in [-0.2, 0) is 11.3 Å². The zero-order chi connectivity index (χ0) is 16.5. The normalized spacial score (nSPS) is 10.7. The molecule has 0 saturated heterocycles. The molecule has 0 unspecified atom stereocenters. The number of hydrogen-bond acceptors (Lipinski definition) is 3. The smallest absolute Gasteiger partial charge is 0.407 e. The van der Waals surface area contributed by atoms with Gasteiger partial charge in [0.1, 0.15) is 6.61 Å². The van der Waals surface area contributed by atoms with Crippen LogP contribution in [0.5, 0.6) is 0 Å². The number of alkyl carbamates (subject to hydrolysis) is 1. The molecule has 0 saturated carbocycles. The van der Waals surface area contributed by atoms with Crippen molar-refractivity contribution in [3.8, 4) is 0 Å². The number of halogens is 1. The molecule has 0 radical (unpaired) electrons. The molecule has 23 heavy (non-hydrogen) atoms. The van der Waals surface area contributed by atoms with Crippen molar-refractivity contribution >= 4 is 23.8 Å². The highest BCUT2D eigenvalue weighted by Crippen LogP contribution is 2.13. The molecule has 1 aromatic carbocycles. The zero-order valence-electron chi connectivity index (χ0n) is 13.0. The molecule has 0 aliphatic carbocycles. The van der Waals surface area contributed by atoms with Crippen LogP contribution in [0.1, 0.15) is 23.2 Å². The molecule has 0 bridgehead atoms. The number of carbonyl (C=O) groups excluding carboxylic acids is 1. The largest absolute Gasteiger partial charge is 0.445 e. The maximum absolute atomic E-state index is 11.6. The minimum absolute atomic E-state index is 0.274. The SMILES string of the molecule is Cc1cc(Cl)cnc1C=CCCNC(=O)OCc1ccccc1. The Kier molecular flexibility index (Phi) is 6.63. The first kappa shape index (κ1) is 17.0. The fourth-order valence-electron chi connectivity index (χ4n) is 1.95. The van der Waals surface area contributed by atoms with Crippen molar-refractivity contribution in [2.75, 3.05) is 6.54 Å². The molecular weight excluding hydrogens is 312 g/mol. The number of ether oxygens (including phenoxy) is 1. The lowest BCUT2D eigenvalue weighted by atomic mass is 10.2. The summed E-state index contributed by atoms with van der Waals surface area (Å²) >= 11 is 5.86. The maximum Gasteiger partial charge on any atom is 0.407 e. The van der Waals surface area contributed by atoms with E-state index < -0.39 is 6.09 Å². The highest BCUT2D eigenvalue weighted by atomic mass is 35.5. The lowest BCUT2D eigenvalue weighted by Gasteiger charge is -2.06. The molecule has 4 nitrogen and oxygen atoms in total. The molecule has 120 valence electrons. The van der Waals surface area contributed by atoms with E-state index in [1.165, 1.54) is 0 Å². The van der Waals surface area contributed by atoms with Gasteiger partial charge in [-0.05, 0) is 36.6 Å². The van der Waals surface area contributed by atoms with E-state index in [1.54, 1.807) is 6.20 Å². The van der Waals surface area contributed by atoms with Crippen molar-refractivity contribution in [2.24, 2.45) is 0 Å². The number of nitrogens with zero attached hydrogens (tertiary/aromatic N) is 1. The van der Waals surface area contributed by atoms with E-state index in [0.717, 1.165) is 16.8 Å². The standard InChI is InChI=1S/C18H19ClN2O2/c1-14-11-16(19)12-21-17(14)9-5-6-10-20-18(22)23-13-15-7-3-2-4-8-15/h2-5,7-9,11-12H,6,10,13H2,1H3,(H,20,22). The van der Waals surface area contributed by atoms with Crippen LogP contribution in [0.3, 0.4) is 0 Å². The van der Waals surface area contributed by atoms with Crippen molar-refractivity contribution in [3.05, 3.63) is 70.5 Å². The highest BCUT2D eigenvalue weighted by Gasteiger charge is 2.01. The van der Waals surface area contributed by atoms with Crippen LogP contribution >= 0.6 is 11.6 Å². The first-order valence-corrected chi connectivity index (χ1v) is 7.76. The summed E-state index contributed by atoms with van der Waals surface area (Å²) in [6.45, 7) is 2.74. The van der Waals surface area contributed by atoms with E-state index in [-0.39, 0.29) is 6.61 Å². The van der Waals surface area contributed by atoms with Crippen molar-refractivity contribution in [1.29, 1.82) is 0 Å². The van der Waals surface area contributed by atoms with E-state index >= 15 is 0 Å². The number of nitrogens with one attached hydrogen (secondary N) is 1. The van der Waals surface area contributed by atoms with Gasteiger partial charge in [0.05, 0.1) is 10.7 Å². The maximum atomic E-state index is 11.6. The fraction of sp³-hybridized carbons (Fsp3) is 0.222. The summed E-state index contributed by atoms with van der Waals surface area (Å²) in [6.07, 6.45) is 5.78. The van der Waals surface area contributed by atoms with E-state index in [0.29, 0.717) is 18.0 Å². The Hall–Kier alpha value is -2.33. The molecule has 0 aliphatic rings. The molecular formula is C18H19ClN2O2. The molecule has 0 spiro atoms. The van der Waals surface area contributed by atoms with Crippen molar-refractivity contribution < 1.29 is 9.53 Å². The first-order valence-electron chi connectivity index (χ1n) is 7.38. The third-order valence-electron chi connectivity index (χ3n) is 3.15. The minimum Gasteiger partial charge on any atom is -0.445 e. The summed E-state index contributed by atoms with van der Waals surface area (Å²) in [5.41, 5.74) is 2.86. The fourth-order valence-corrected chi connectivity index (χ4v) is 2.16. The van der Waals surface area contributed by atoms with E-state index in [1.807, 2.05) is 55.5 Å². The van der Waals surface area contributed by atoms with Crippen molar-refractivity contribution in [2.45, 2.75) is 20.0 Å². The average Bonchev–Trinajstić information content (AvgIpc) is 2.55. The topological polar surface area (TPSA) is 51.2 Å². The number of rotatable bonds is 6. The van der Waals surface area contributed by atoms with Crippen LogP contribution in [0.4, 0.5) is 4.79 Å². The Bertz CT molecular complexity index is 672. The number of pyridine rings is 1. The van der Waals surface area contributed by atoms with Gasteiger partial charge < -0.3 is 10.1 Å². The minimum atomic E-state index is -0.414. The number of benzene rings is 1. The van der Waals surface area contributed by atoms with Crippen LogP contribution in [0.25, 0.3) is 6.08 Å². The Morgan fingerprint density at radius 3 is 2.87 bits per heavy atom. The molecule has 0 aliphatic heterocycles. The Morgan fingerprint density at radius 2 is 2.13 bits per heavy atom. The number of carbonyl (C=O) groups is 1. The van der Waals surface area contributed by atoms with Gasteiger partial charge in [0, 0.05) is 12.7 Å². The number of amides is 1. The molecule has 1 aromatic heterocycles. The van der Waals surface area contributed by atoms with Crippen LogP contribution in [0.15, 0.2) is 48.7 Å². The lowest BCUT2D eigenvalue weighted by molar-refractivity contribution is 0.140. The van der Waals surface area contributed by atoms with Gasteiger partial charge in [-0.3, -0.25) is 4.98 Å². The number of hydrogen-bond donors (Lipinski definition) is 1. The summed E-state index contributed by atoms with van der Waals surface area (Å²) in [5.74, 6) is 0. The summed E-state index contributed by atoms with van der Waals surface area (Å²) in [4.78, 5) is 15.8. The molecule has 2 rings (SSSR count). The van der Waals surface area contributed by atoms with Gasteiger partial charge in [-0.2, -0.15) is 0 Å². The lowest BCUT2D eigenvalue weighted by Crippen LogP contribution is -2.24. The Morgan fingerprint density at radius 1 is 1.35 bits per heavy atom. The third-order valence-corrected chi connectivity index (χ3v) is 3.36. The second-order valence-electron chi connectivity index (χ2n) is 5.04. The quantitative estimate of drug-likeness (QED) is 0.800. The van der Waals surface area contributed by atoms with Gasteiger partial charge in [0.25, 0.3) is 0 Å². The summed E-state index contributed by atoms with van der Waals surface area (Å²) < 4.78 is 5.12. The van der Waals surface area contributed by atoms with Gasteiger partial charge in [0.2, 0.25) is 0 Å². The summed E-state index contributed by atoms with van der Waals surface area (Å²) in [5, 5.41) is 3.34.